The van der Waals surface area contributed by atoms with Gasteiger partial charge in [0.15, 0.2) is 0 Å². The van der Waals surface area contributed by atoms with E-state index in [1.165, 1.54) is 0 Å². The topological polar surface area (TPSA) is 261 Å². The molecule has 2 rings (SSSR count). The van der Waals surface area contributed by atoms with Crippen molar-refractivity contribution < 1.29 is 43.1 Å². The van der Waals surface area contributed by atoms with Crippen molar-refractivity contribution in [2.24, 2.45) is 11.5 Å². The molecule has 0 aromatic heterocycles. The van der Waals surface area contributed by atoms with Crippen LogP contribution in [0.15, 0.2) is 30.3 Å². The highest BCUT2D eigenvalue weighted by Crippen LogP contribution is 2.13. The van der Waals surface area contributed by atoms with Gasteiger partial charge < -0.3 is 42.8 Å². The molecular formula is C28H40N8O9. The zero-order chi connectivity index (χ0) is 33.2. The second-order valence-corrected chi connectivity index (χ2v) is 10.1. The molecule has 45 heavy (non-hydrogen) atoms. The molecule has 2 unspecified atom stereocenters. The Kier molecular flexibility index (Phi) is 15.6. The number of amides is 8. The summed E-state index contributed by atoms with van der Waals surface area (Å²) in [7, 11) is 0. The van der Waals surface area contributed by atoms with Crippen LogP contribution in [0, 0.1) is 0 Å². The number of carbonyl (C=O) groups excluding carboxylic acids is 8. The Labute approximate surface area is 259 Å². The van der Waals surface area contributed by atoms with Gasteiger partial charge in [0.25, 0.3) is 0 Å². The van der Waals surface area contributed by atoms with Crippen molar-refractivity contribution in [3.63, 3.8) is 0 Å². The number of likely N-dealkylation sites (tertiary alicyclic amines) is 1. The number of rotatable bonds is 20. The third-order valence-corrected chi connectivity index (χ3v) is 6.43. The Morgan fingerprint density at radius 1 is 0.844 bits per heavy atom. The molecule has 1 heterocycles. The van der Waals surface area contributed by atoms with E-state index in [0.717, 1.165) is 10.5 Å². The van der Waals surface area contributed by atoms with Gasteiger partial charge in [0.1, 0.15) is 19.4 Å². The number of nitrogens with one attached hydrogen (secondary N) is 5. The fourth-order valence-electron chi connectivity index (χ4n) is 4.13. The van der Waals surface area contributed by atoms with Crippen molar-refractivity contribution in [1.82, 2.24) is 31.5 Å². The number of hydrogen-bond acceptors (Lipinski definition) is 10. The van der Waals surface area contributed by atoms with E-state index >= 15 is 0 Å². The molecule has 1 aliphatic rings. The van der Waals surface area contributed by atoms with Gasteiger partial charge in [-0.2, -0.15) is 0 Å². The van der Waals surface area contributed by atoms with Gasteiger partial charge in [-0.1, -0.05) is 36.8 Å². The van der Waals surface area contributed by atoms with Crippen LogP contribution in [0.2, 0.25) is 0 Å². The highest BCUT2D eigenvalue weighted by molar-refractivity contribution is 6.05. The molecule has 0 aliphatic carbocycles. The predicted octanol–water partition coefficient (Wildman–Crippen LogP) is -3.72. The maximum absolute atomic E-state index is 12.8. The monoisotopic (exact) mass is 632 g/mol. The highest BCUT2D eigenvalue weighted by Gasteiger charge is 2.35. The normalized spacial score (nSPS) is 14.8. The molecule has 8 amide bonds. The van der Waals surface area contributed by atoms with E-state index in [-0.39, 0.29) is 63.4 Å². The quantitative estimate of drug-likeness (QED) is 0.0420. The van der Waals surface area contributed by atoms with Crippen LogP contribution >= 0.6 is 0 Å². The molecule has 17 heteroatoms. The summed E-state index contributed by atoms with van der Waals surface area (Å²) in [4.78, 5) is 96.8. The predicted molar refractivity (Wildman–Crippen MR) is 157 cm³/mol. The van der Waals surface area contributed by atoms with E-state index in [4.69, 9.17) is 16.2 Å². The SMILES string of the molecule is NC(=O)COCNC(=O)CNC(=O)C(Cc1ccccc1)NC(=O)CNC(=O)CNC(=O)CCCCCN1C(=O)CC(N)C1=O. The molecule has 2 atom stereocenters. The molecule has 17 nitrogen and oxygen atoms in total. The van der Waals surface area contributed by atoms with E-state index < -0.39 is 54.7 Å². The van der Waals surface area contributed by atoms with E-state index in [1.54, 1.807) is 30.3 Å². The largest absolute Gasteiger partial charge is 0.368 e. The first-order chi connectivity index (χ1) is 21.5. The molecule has 1 fully saturated rings. The Morgan fingerprint density at radius 3 is 2.16 bits per heavy atom. The van der Waals surface area contributed by atoms with Crippen molar-refractivity contribution in [3.8, 4) is 0 Å². The average Bonchev–Trinajstić information content (AvgIpc) is 3.25. The molecule has 1 aromatic rings. The number of ether oxygens (including phenoxy) is 1. The van der Waals surface area contributed by atoms with Crippen LogP contribution in [0.1, 0.15) is 37.7 Å². The minimum Gasteiger partial charge on any atom is -0.368 e. The Balaban J connectivity index is 1.69. The lowest BCUT2D eigenvalue weighted by atomic mass is 10.1. The lowest BCUT2D eigenvalue weighted by Crippen LogP contribution is -2.52. The van der Waals surface area contributed by atoms with Crippen LogP contribution in [0.5, 0.6) is 0 Å². The molecule has 1 aromatic carbocycles. The van der Waals surface area contributed by atoms with Gasteiger partial charge in [0, 0.05) is 19.4 Å². The van der Waals surface area contributed by atoms with Crippen molar-refractivity contribution >= 4 is 47.3 Å². The molecule has 0 saturated carbocycles. The Morgan fingerprint density at radius 2 is 1.49 bits per heavy atom. The first-order valence-corrected chi connectivity index (χ1v) is 14.3. The number of imide groups is 1. The maximum Gasteiger partial charge on any atom is 0.246 e. The van der Waals surface area contributed by atoms with Gasteiger partial charge in [0.05, 0.1) is 32.1 Å². The van der Waals surface area contributed by atoms with Crippen molar-refractivity contribution in [3.05, 3.63) is 35.9 Å². The highest BCUT2D eigenvalue weighted by atomic mass is 16.5. The number of carbonyl (C=O) groups is 8. The molecule has 1 aliphatic heterocycles. The zero-order valence-corrected chi connectivity index (χ0v) is 24.8. The fourth-order valence-corrected chi connectivity index (χ4v) is 4.13. The minimum atomic E-state index is -1.08. The molecule has 1 saturated heterocycles. The zero-order valence-electron chi connectivity index (χ0n) is 24.8. The van der Waals surface area contributed by atoms with Gasteiger partial charge in [-0.05, 0) is 18.4 Å². The van der Waals surface area contributed by atoms with Crippen LogP contribution in [0.3, 0.4) is 0 Å². The summed E-state index contributed by atoms with van der Waals surface area (Å²) in [6, 6.07) is 6.95. The first kappa shape index (κ1) is 36.3. The molecule has 0 radical (unpaired) electrons. The standard InChI is InChI=1S/C28H40N8O9/c29-19-12-26(42)36(28(19)44)10-6-2-5-9-22(38)31-13-23(39)32-15-25(41)35-20(11-18-7-3-1-4-8-18)27(43)33-14-24(40)34-17-45-16-21(30)37/h1,3-4,7-8,19-20H,2,5-6,9-17,29H2,(H2,30,37)(H,31,38)(H,32,39)(H,33,43)(H,34,40)(H,35,41). The van der Waals surface area contributed by atoms with Crippen LogP contribution in [0.4, 0.5) is 0 Å². The smallest absolute Gasteiger partial charge is 0.246 e. The van der Waals surface area contributed by atoms with Crippen LogP contribution in [-0.2, 0) is 49.5 Å². The lowest BCUT2D eigenvalue weighted by molar-refractivity contribution is -0.139. The van der Waals surface area contributed by atoms with Crippen LogP contribution in [0.25, 0.3) is 0 Å². The lowest BCUT2D eigenvalue weighted by Gasteiger charge is -2.19. The molecular weight excluding hydrogens is 592 g/mol. The average molecular weight is 633 g/mol. The van der Waals surface area contributed by atoms with Crippen molar-refractivity contribution in [2.75, 3.05) is 39.5 Å². The Hall–Kier alpha value is -4.90. The summed E-state index contributed by atoms with van der Waals surface area (Å²) in [5.74, 6) is -4.33. The Bertz CT molecular complexity index is 1230. The summed E-state index contributed by atoms with van der Waals surface area (Å²) in [5.41, 5.74) is 11.2. The number of primary amides is 1. The van der Waals surface area contributed by atoms with Crippen molar-refractivity contribution in [1.29, 1.82) is 0 Å². The van der Waals surface area contributed by atoms with E-state index in [2.05, 4.69) is 26.6 Å². The summed E-state index contributed by atoms with van der Waals surface area (Å²) in [6.07, 6.45) is 1.83. The first-order valence-electron chi connectivity index (χ1n) is 14.3. The van der Waals surface area contributed by atoms with E-state index in [1.807, 2.05) is 0 Å². The van der Waals surface area contributed by atoms with Crippen LogP contribution < -0.4 is 38.1 Å². The summed E-state index contributed by atoms with van der Waals surface area (Å²) in [5, 5.41) is 12.1. The van der Waals surface area contributed by atoms with Gasteiger partial charge in [-0.25, -0.2) is 0 Å². The summed E-state index contributed by atoms with van der Waals surface area (Å²) < 4.78 is 4.82. The number of unbranched alkanes of at least 4 members (excludes halogenated alkanes) is 2. The molecule has 9 N–H and O–H groups in total. The van der Waals surface area contributed by atoms with Crippen molar-refractivity contribution in [2.45, 2.75) is 50.6 Å². The van der Waals surface area contributed by atoms with Gasteiger partial charge >= 0.3 is 0 Å². The third-order valence-electron chi connectivity index (χ3n) is 6.43. The maximum atomic E-state index is 12.8. The second-order valence-electron chi connectivity index (χ2n) is 10.1. The number of nitrogens with two attached hydrogens (primary N) is 2. The van der Waals surface area contributed by atoms with Gasteiger partial charge in [-0.15, -0.1) is 0 Å². The third kappa shape index (κ3) is 14.4. The van der Waals surface area contributed by atoms with E-state index in [0.29, 0.717) is 19.3 Å². The van der Waals surface area contributed by atoms with Crippen LogP contribution in [-0.4, -0.2) is 104 Å². The summed E-state index contributed by atoms with van der Waals surface area (Å²) >= 11 is 0. The number of hydrogen-bond donors (Lipinski definition) is 7. The second kappa shape index (κ2) is 19.4. The van der Waals surface area contributed by atoms with Gasteiger partial charge in [0.2, 0.25) is 47.3 Å². The molecule has 246 valence electrons. The number of benzene rings is 1. The molecule has 0 spiro atoms. The fraction of sp³-hybridized carbons (Fsp3) is 0.500. The van der Waals surface area contributed by atoms with Gasteiger partial charge in [-0.3, -0.25) is 43.3 Å². The minimum absolute atomic E-state index is 0.00777. The summed E-state index contributed by atoms with van der Waals surface area (Å²) in [6.45, 7) is -1.69. The number of nitrogens with zero attached hydrogens (tertiary/aromatic N) is 1. The molecule has 0 bridgehead atoms. The van der Waals surface area contributed by atoms with E-state index in [9.17, 15) is 38.4 Å².